The summed E-state index contributed by atoms with van der Waals surface area (Å²) in [6, 6.07) is 0. The molecule has 2 amide bonds. The molecule has 1 saturated heterocycles. The fourth-order valence-corrected chi connectivity index (χ4v) is 1.66. The smallest absolute Gasteiger partial charge is 0.232 e. The molecule has 0 unspecified atom stereocenters. The number of nitrogens with one attached hydrogen (secondary N) is 1. The Morgan fingerprint density at radius 1 is 1.24 bits per heavy atom. The Hall–Kier alpha value is -1.14. The minimum Gasteiger partial charge on any atom is -0.383 e. The van der Waals surface area contributed by atoms with Crippen molar-refractivity contribution in [2.24, 2.45) is 0 Å². The van der Waals surface area contributed by atoms with Crippen LogP contribution >= 0.6 is 0 Å². The predicted octanol–water partition coefficient (Wildman–Crippen LogP) is -1.09. The van der Waals surface area contributed by atoms with E-state index in [2.05, 4.69) is 10.2 Å². The van der Waals surface area contributed by atoms with Crippen molar-refractivity contribution in [1.29, 1.82) is 0 Å². The second kappa shape index (κ2) is 7.24. The molecule has 6 heteroatoms. The van der Waals surface area contributed by atoms with Gasteiger partial charge >= 0.3 is 0 Å². The lowest BCUT2D eigenvalue weighted by molar-refractivity contribution is -0.137. The quantitative estimate of drug-likeness (QED) is 0.492. The highest BCUT2D eigenvalue weighted by Crippen LogP contribution is 2.01. The zero-order chi connectivity index (χ0) is 12.7. The van der Waals surface area contributed by atoms with Crippen LogP contribution in [0.2, 0.25) is 0 Å². The molecule has 1 heterocycles. The summed E-state index contributed by atoms with van der Waals surface area (Å²) in [4.78, 5) is 27.1. The Labute approximate surface area is 102 Å². The minimum absolute atomic E-state index is 0.0621. The van der Waals surface area contributed by atoms with E-state index in [-0.39, 0.29) is 18.2 Å². The number of hydrogen-bond donors (Lipinski definition) is 1. The van der Waals surface area contributed by atoms with E-state index >= 15 is 0 Å². The van der Waals surface area contributed by atoms with E-state index in [0.717, 1.165) is 13.1 Å². The Bertz CT molecular complexity index is 263. The number of hydrogen-bond acceptors (Lipinski definition) is 4. The molecule has 1 fully saturated rings. The van der Waals surface area contributed by atoms with Gasteiger partial charge in [0.05, 0.1) is 6.61 Å². The first-order chi connectivity index (χ1) is 8.13. The van der Waals surface area contributed by atoms with Crippen LogP contribution in [0.3, 0.4) is 0 Å². The summed E-state index contributed by atoms with van der Waals surface area (Å²) >= 11 is 0. The zero-order valence-electron chi connectivity index (χ0n) is 10.6. The van der Waals surface area contributed by atoms with E-state index in [1.165, 1.54) is 0 Å². The van der Waals surface area contributed by atoms with Gasteiger partial charge in [-0.05, 0) is 7.05 Å². The number of piperazine rings is 1. The molecule has 0 aliphatic carbocycles. The van der Waals surface area contributed by atoms with Gasteiger partial charge < -0.3 is 19.9 Å². The van der Waals surface area contributed by atoms with E-state index in [1.807, 2.05) is 7.05 Å². The van der Waals surface area contributed by atoms with Crippen molar-refractivity contribution in [2.45, 2.75) is 6.42 Å². The molecule has 1 N–H and O–H groups in total. The van der Waals surface area contributed by atoms with Crippen molar-refractivity contribution >= 4 is 11.8 Å². The van der Waals surface area contributed by atoms with Crippen molar-refractivity contribution in [1.82, 2.24) is 15.1 Å². The van der Waals surface area contributed by atoms with Gasteiger partial charge in [0, 0.05) is 39.8 Å². The molecule has 17 heavy (non-hydrogen) atoms. The summed E-state index contributed by atoms with van der Waals surface area (Å²) in [5, 5.41) is 2.64. The van der Waals surface area contributed by atoms with Crippen molar-refractivity contribution in [2.75, 3.05) is 53.5 Å². The normalized spacial score (nSPS) is 16.9. The third kappa shape index (κ3) is 5.14. The second-order valence-corrected chi connectivity index (χ2v) is 4.20. The number of methoxy groups -OCH3 is 1. The average molecular weight is 243 g/mol. The number of ether oxygens (including phenoxy) is 1. The SMILES string of the molecule is COCCNC(=O)CC(=O)N1CCN(C)CC1. The Morgan fingerprint density at radius 2 is 1.88 bits per heavy atom. The summed E-state index contributed by atoms with van der Waals surface area (Å²) in [5.74, 6) is -0.320. The van der Waals surface area contributed by atoms with E-state index in [0.29, 0.717) is 26.2 Å². The maximum absolute atomic E-state index is 11.8. The zero-order valence-corrected chi connectivity index (χ0v) is 10.6. The largest absolute Gasteiger partial charge is 0.383 e. The summed E-state index contributed by atoms with van der Waals surface area (Å²) in [7, 11) is 3.60. The Morgan fingerprint density at radius 3 is 2.47 bits per heavy atom. The van der Waals surface area contributed by atoms with Gasteiger partial charge in [-0.15, -0.1) is 0 Å². The van der Waals surface area contributed by atoms with Crippen LogP contribution in [-0.2, 0) is 14.3 Å². The number of carbonyl (C=O) groups is 2. The fraction of sp³-hybridized carbons (Fsp3) is 0.818. The summed E-state index contributed by atoms with van der Waals surface area (Å²) in [5.41, 5.74) is 0. The molecule has 0 aromatic heterocycles. The molecular weight excluding hydrogens is 222 g/mol. The molecule has 0 aromatic rings. The van der Waals surface area contributed by atoms with Crippen LogP contribution in [0.5, 0.6) is 0 Å². The third-order valence-electron chi connectivity index (χ3n) is 2.80. The van der Waals surface area contributed by atoms with Crippen LogP contribution < -0.4 is 5.32 Å². The maximum atomic E-state index is 11.8. The number of likely N-dealkylation sites (N-methyl/N-ethyl adjacent to an activating group) is 1. The topological polar surface area (TPSA) is 61.9 Å². The van der Waals surface area contributed by atoms with Gasteiger partial charge in [0.25, 0.3) is 0 Å². The Balaban J connectivity index is 2.21. The molecule has 0 saturated carbocycles. The monoisotopic (exact) mass is 243 g/mol. The first-order valence-electron chi connectivity index (χ1n) is 5.85. The highest BCUT2D eigenvalue weighted by Gasteiger charge is 2.20. The summed E-state index contributed by atoms with van der Waals surface area (Å²) in [6.07, 6.45) is -0.0621. The lowest BCUT2D eigenvalue weighted by atomic mass is 10.3. The molecule has 98 valence electrons. The van der Waals surface area contributed by atoms with Gasteiger partial charge in [0.15, 0.2) is 0 Å². The highest BCUT2D eigenvalue weighted by atomic mass is 16.5. The van der Waals surface area contributed by atoms with E-state index < -0.39 is 0 Å². The molecular formula is C11H21N3O3. The van der Waals surface area contributed by atoms with Gasteiger partial charge in [-0.2, -0.15) is 0 Å². The minimum atomic E-state index is -0.231. The average Bonchev–Trinajstić information content (AvgIpc) is 2.30. The van der Waals surface area contributed by atoms with Gasteiger partial charge in [-0.25, -0.2) is 0 Å². The van der Waals surface area contributed by atoms with Gasteiger partial charge in [0.2, 0.25) is 11.8 Å². The molecule has 6 nitrogen and oxygen atoms in total. The van der Waals surface area contributed by atoms with Gasteiger partial charge in [-0.1, -0.05) is 0 Å². The van der Waals surface area contributed by atoms with Crippen LogP contribution in [0, 0.1) is 0 Å². The highest BCUT2D eigenvalue weighted by molar-refractivity contribution is 5.96. The summed E-state index contributed by atoms with van der Waals surface area (Å²) in [6.45, 7) is 4.08. The second-order valence-electron chi connectivity index (χ2n) is 4.20. The van der Waals surface area contributed by atoms with Crippen LogP contribution in [0.1, 0.15) is 6.42 Å². The molecule has 0 bridgehead atoms. The number of rotatable bonds is 5. The van der Waals surface area contributed by atoms with Crippen molar-refractivity contribution < 1.29 is 14.3 Å². The fourth-order valence-electron chi connectivity index (χ4n) is 1.66. The third-order valence-corrected chi connectivity index (χ3v) is 2.80. The molecule has 1 aliphatic heterocycles. The van der Waals surface area contributed by atoms with E-state index in [9.17, 15) is 9.59 Å². The first-order valence-corrected chi connectivity index (χ1v) is 5.85. The lowest BCUT2D eigenvalue weighted by Gasteiger charge is -2.32. The van der Waals surface area contributed by atoms with Crippen molar-refractivity contribution in [3.63, 3.8) is 0 Å². The predicted molar refractivity (Wildman–Crippen MR) is 63.6 cm³/mol. The molecule has 0 atom stereocenters. The molecule has 1 rings (SSSR count). The van der Waals surface area contributed by atoms with Crippen LogP contribution in [0.15, 0.2) is 0 Å². The number of nitrogens with zero attached hydrogens (tertiary/aromatic N) is 2. The number of amides is 2. The van der Waals surface area contributed by atoms with Crippen LogP contribution in [0.25, 0.3) is 0 Å². The van der Waals surface area contributed by atoms with E-state index in [1.54, 1.807) is 12.0 Å². The Kier molecular flexibility index (Phi) is 5.93. The lowest BCUT2D eigenvalue weighted by Crippen LogP contribution is -2.48. The van der Waals surface area contributed by atoms with Gasteiger partial charge in [0.1, 0.15) is 6.42 Å². The first kappa shape index (κ1) is 13.9. The molecule has 0 aromatic carbocycles. The van der Waals surface area contributed by atoms with Crippen molar-refractivity contribution in [3.05, 3.63) is 0 Å². The maximum Gasteiger partial charge on any atom is 0.232 e. The van der Waals surface area contributed by atoms with Crippen LogP contribution in [-0.4, -0.2) is 75.1 Å². The number of carbonyl (C=O) groups excluding carboxylic acids is 2. The van der Waals surface area contributed by atoms with Crippen LogP contribution in [0.4, 0.5) is 0 Å². The molecule has 1 aliphatic rings. The standard InChI is InChI=1S/C11H21N3O3/c1-13-4-6-14(7-5-13)11(16)9-10(15)12-3-8-17-2/h3-9H2,1-2H3,(H,12,15). The molecule has 0 spiro atoms. The van der Waals surface area contributed by atoms with E-state index in [4.69, 9.17) is 4.74 Å². The summed E-state index contributed by atoms with van der Waals surface area (Å²) < 4.78 is 4.81. The van der Waals surface area contributed by atoms with Gasteiger partial charge in [-0.3, -0.25) is 9.59 Å². The molecule has 0 radical (unpaired) electrons. The van der Waals surface area contributed by atoms with Crippen molar-refractivity contribution in [3.8, 4) is 0 Å².